The highest BCUT2D eigenvalue weighted by molar-refractivity contribution is 5.81. The number of hydrogen-bond donors (Lipinski definition) is 1. The van der Waals surface area contributed by atoms with E-state index in [-0.39, 0.29) is 0 Å². The number of aliphatic carboxylic acids is 1. The van der Waals surface area contributed by atoms with Gasteiger partial charge in [0.2, 0.25) is 0 Å². The molecule has 2 atom stereocenters. The molecule has 0 radical (unpaired) electrons. The molecule has 86 valence electrons. The van der Waals surface area contributed by atoms with E-state index in [4.69, 9.17) is 9.84 Å². The number of rotatable bonds is 7. The Bertz CT molecular complexity index is 235. The first-order chi connectivity index (χ1) is 7.02. The van der Waals surface area contributed by atoms with Crippen molar-refractivity contribution < 1.29 is 19.4 Å². The average molecular weight is 214 g/mol. The van der Waals surface area contributed by atoms with Crippen LogP contribution in [-0.4, -0.2) is 23.1 Å². The van der Waals surface area contributed by atoms with Gasteiger partial charge in [0.25, 0.3) is 0 Å². The van der Waals surface area contributed by atoms with E-state index in [1.807, 2.05) is 6.92 Å². The molecule has 0 rings (SSSR count). The van der Waals surface area contributed by atoms with Crippen molar-refractivity contribution >= 4 is 11.9 Å². The van der Waals surface area contributed by atoms with Crippen molar-refractivity contribution in [2.45, 2.75) is 39.2 Å². The van der Waals surface area contributed by atoms with Gasteiger partial charge in [0.1, 0.15) is 6.10 Å². The van der Waals surface area contributed by atoms with Crippen molar-refractivity contribution in [2.24, 2.45) is 5.92 Å². The summed E-state index contributed by atoms with van der Waals surface area (Å²) in [5.41, 5.74) is 0. The van der Waals surface area contributed by atoms with Gasteiger partial charge in [-0.2, -0.15) is 0 Å². The zero-order valence-corrected chi connectivity index (χ0v) is 9.23. The van der Waals surface area contributed by atoms with Gasteiger partial charge in [0.05, 0.1) is 5.92 Å². The molecular formula is C11H18O4. The summed E-state index contributed by atoms with van der Waals surface area (Å²) in [4.78, 5) is 21.8. The van der Waals surface area contributed by atoms with Crippen LogP contribution in [0.3, 0.4) is 0 Å². The summed E-state index contributed by atoms with van der Waals surface area (Å²) in [6, 6.07) is 0. The second-order valence-corrected chi connectivity index (χ2v) is 3.43. The number of esters is 1. The van der Waals surface area contributed by atoms with Crippen molar-refractivity contribution in [3.63, 3.8) is 0 Å². The third-order valence-corrected chi connectivity index (χ3v) is 2.22. The van der Waals surface area contributed by atoms with E-state index in [9.17, 15) is 9.59 Å². The first-order valence-electron chi connectivity index (χ1n) is 5.08. The molecule has 0 aliphatic rings. The third-order valence-electron chi connectivity index (χ3n) is 2.22. The Hall–Kier alpha value is -1.32. The summed E-state index contributed by atoms with van der Waals surface area (Å²) in [5.74, 6) is -2.13. The second-order valence-electron chi connectivity index (χ2n) is 3.43. The molecule has 4 heteroatoms. The monoisotopic (exact) mass is 214 g/mol. The normalized spacial score (nSPS) is 14.0. The zero-order chi connectivity index (χ0) is 11.8. The lowest BCUT2D eigenvalue weighted by Gasteiger charge is -2.19. The van der Waals surface area contributed by atoms with E-state index in [1.54, 1.807) is 6.92 Å². The lowest BCUT2D eigenvalue weighted by Crippen LogP contribution is -2.29. The van der Waals surface area contributed by atoms with E-state index in [1.165, 1.54) is 0 Å². The molecule has 0 saturated carbocycles. The lowest BCUT2D eigenvalue weighted by molar-refractivity contribution is -0.154. The minimum absolute atomic E-state index is 0.525. The minimum atomic E-state index is -0.923. The standard InChI is InChI=1S/C11H18O4/c1-4-6-7-9(11(13)14)8(3)15-10(12)5-2/h5,8-9H,2,4,6-7H2,1,3H3,(H,13,14). The summed E-state index contributed by atoms with van der Waals surface area (Å²) in [7, 11) is 0. The van der Waals surface area contributed by atoms with Crippen LogP contribution in [0.2, 0.25) is 0 Å². The topological polar surface area (TPSA) is 63.6 Å². The average Bonchev–Trinajstić information content (AvgIpc) is 2.17. The first-order valence-corrected chi connectivity index (χ1v) is 5.08. The van der Waals surface area contributed by atoms with Crippen LogP contribution in [0.1, 0.15) is 33.1 Å². The fourth-order valence-corrected chi connectivity index (χ4v) is 1.30. The number of carboxylic acids is 1. The maximum absolute atomic E-state index is 10.9. The molecule has 0 aromatic rings. The molecule has 1 N–H and O–H groups in total. The molecule has 0 bridgehead atoms. The summed E-state index contributed by atoms with van der Waals surface area (Å²) in [5, 5.41) is 8.94. The summed E-state index contributed by atoms with van der Waals surface area (Å²) < 4.78 is 4.88. The SMILES string of the molecule is C=CC(=O)OC(C)C(CCCC)C(=O)O. The van der Waals surface area contributed by atoms with E-state index in [0.717, 1.165) is 18.9 Å². The number of carbonyl (C=O) groups excluding carboxylic acids is 1. The number of unbranched alkanes of at least 4 members (excludes halogenated alkanes) is 1. The molecule has 0 fully saturated rings. The quantitative estimate of drug-likeness (QED) is 0.520. The number of ether oxygens (including phenoxy) is 1. The van der Waals surface area contributed by atoms with Crippen molar-refractivity contribution in [2.75, 3.05) is 0 Å². The summed E-state index contributed by atoms with van der Waals surface area (Å²) in [6.07, 6.45) is 2.69. The van der Waals surface area contributed by atoms with E-state index in [0.29, 0.717) is 6.42 Å². The predicted octanol–water partition coefficient (Wildman–Crippen LogP) is 2.00. The smallest absolute Gasteiger partial charge is 0.330 e. The molecule has 15 heavy (non-hydrogen) atoms. The largest absolute Gasteiger partial charge is 0.481 e. The highest BCUT2D eigenvalue weighted by Gasteiger charge is 2.26. The Morgan fingerprint density at radius 1 is 1.53 bits per heavy atom. The Balaban J connectivity index is 4.27. The molecule has 0 aromatic carbocycles. The predicted molar refractivity (Wildman–Crippen MR) is 56.4 cm³/mol. The Morgan fingerprint density at radius 2 is 2.13 bits per heavy atom. The van der Waals surface area contributed by atoms with Crippen LogP contribution in [0.5, 0.6) is 0 Å². The molecule has 0 amide bonds. The van der Waals surface area contributed by atoms with Gasteiger partial charge in [-0.05, 0) is 13.3 Å². The highest BCUT2D eigenvalue weighted by Crippen LogP contribution is 2.16. The third kappa shape index (κ3) is 5.20. The first kappa shape index (κ1) is 13.7. The van der Waals surface area contributed by atoms with E-state index in [2.05, 4.69) is 6.58 Å². The van der Waals surface area contributed by atoms with E-state index >= 15 is 0 Å². The van der Waals surface area contributed by atoms with Crippen molar-refractivity contribution in [1.82, 2.24) is 0 Å². The van der Waals surface area contributed by atoms with Crippen LogP contribution in [0, 0.1) is 5.92 Å². The fourth-order valence-electron chi connectivity index (χ4n) is 1.30. The maximum Gasteiger partial charge on any atom is 0.330 e. The molecule has 0 heterocycles. The van der Waals surface area contributed by atoms with Gasteiger partial charge >= 0.3 is 11.9 Å². The zero-order valence-electron chi connectivity index (χ0n) is 9.23. The fraction of sp³-hybridized carbons (Fsp3) is 0.636. The van der Waals surface area contributed by atoms with Gasteiger partial charge in [0, 0.05) is 6.08 Å². The Kier molecular flexibility index (Phi) is 6.42. The molecule has 0 aliphatic carbocycles. The number of carbonyl (C=O) groups is 2. The number of carboxylic acid groups (broad SMARTS) is 1. The van der Waals surface area contributed by atoms with E-state index < -0.39 is 24.0 Å². The van der Waals surface area contributed by atoms with Crippen molar-refractivity contribution in [1.29, 1.82) is 0 Å². The van der Waals surface area contributed by atoms with Crippen LogP contribution in [0.4, 0.5) is 0 Å². The molecule has 4 nitrogen and oxygen atoms in total. The summed E-state index contributed by atoms with van der Waals surface area (Å²) >= 11 is 0. The number of hydrogen-bond acceptors (Lipinski definition) is 3. The Labute approximate surface area is 89.9 Å². The maximum atomic E-state index is 10.9. The molecule has 2 unspecified atom stereocenters. The molecule has 0 aromatic heterocycles. The van der Waals surface area contributed by atoms with Crippen molar-refractivity contribution in [3.05, 3.63) is 12.7 Å². The van der Waals surface area contributed by atoms with Crippen LogP contribution < -0.4 is 0 Å². The van der Waals surface area contributed by atoms with Crippen LogP contribution in [0.15, 0.2) is 12.7 Å². The highest BCUT2D eigenvalue weighted by atomic mass is 16.5. The van der Waals surface area contributed by atoms with Crippen LogP contribution in [-0.2, 0) is 14.3 Å². The molecular weight excluding hydrogens is 196 g/mol. The minimum Gasteiger partial charge on any atom is -0.481 e. The van der Waals surface area contributed by atoms with Gasteiger partial charge in [-0.1, -0.05) is 26.3 Å². The van der Waals surface area contributed by atoms with Crippen LogP contribution >= 0.6 is 0 Å². The van der Waals surface area contributed by atoms with Crippen LogP contribution in [0.25, 0.3) is 0 Å². The summed E-state index contributed by atoms with van der Waals surface area (Å²) in [6.45, 7) is 6.84. The van der Waals surface area contributed by atoms with Gasteiger partial charge < -0.3 is 9.84 Å². The van der Waals surface area contributed by atoms with Gasteiger partial charge in [0.15, 0.2) is 0 Å². The Morgan fingerprint density at radius 3 is 2.53 bits per heavy atom. The van der Waals surface area contributed by atoms with Gasteiger partial charge in [-0.15, -0.1) is 0 Å². The second kappa shape index (κ2) is 7.04. The molecule has 0 spiro atoms. The van der Waals surface area contributed by atoms with Gasteiger partial charge in [-0.3, -0.25) is 4.79 Å². The molecule has 0 aliphatic heterocycles. The molecule has 0 saturated heterocycles. The van der Waals surface area contributed by atoms with Crippen molar-refractivity contribution in [3.8, 4) is 0 Å². The lowest BCUT2D eigenvalue weighted by atomic mass is 9.97. The van der Waals surface area contributed by atoms with Gasteiger partial charge in [-0.25, -0.2) is 4.79 Å².